The molecule has 0 spiro atoms. The van der Waals surface area contributed by atoms with Crippen LogP contribution in [0.4, 0.5) is 26.3 Å². The van der Waals surface area contributed by atoms with Gasteiger partial charge in [0.25, 0.3) is 0 Å². The molecule has 182 valence electrons. The predicted molar refractivity (Wildman–Crippen MR) is 118 cm³/mol. The fraction of sp³-hybridized carbons (Fsp3) is 0.565. The maximum absolute atomic E-state index is 15.2. The first-order valence-electron chi connectivity index (χ1n) is 10.4. The average molecular weight is 511 g/mol. The van der Waals surface area contributed by atoms with Gasteiger partial charge < -0.3 is 9.47 Å². The van der Waals surface area contributed by atoms with Crippen molar-refractivity contribution in [3.63, 3.8) is 0 Å². The SMILES string of the molecule is Cc1sc2c(C)c1CO[C@H](C)[C@@H](C)OCc1c(C)sc(c1C)C1=C2C(F)(F)C(F)(F)C1(F)F. The molecule has 33 heavy (non-hydrogen) atoms. The van der Waals surface area contributed by atoms with Crippen LogP contribution in [-0.2, 0) is 22.7 Å². The van der Waals surface area contributed by atoms with E-state index in [0.29, 0.717) is 20.9 Å². The molecule has 2 nitrogen and oxygen atoms in total. The van der Waals surface area contributed by atoms with Gasteiger partial charge in [-0.1, -0.05) is 0 Å². The second-order valence-corrected chi connectivity index (χ2v) is 11.1. The lowest BCUT2D eigenvalue weighted by Crippen LogP contribution is -2.48. The van der Waals surface area contributed by atoms with Crippen molar-refractivity contribution in [2.75, 3.05) is 0 Å². The van der Waals surface area contributed by atoms with Crippen molar-refractivity contribution in [1.29, 1.82) is 0 Å². The van der Waals surface area contributed by atoms with Crippen molar-refractivity contribution in [1.82, 2.24) is 0 Å². The van der Waals surface area contributed by atoms with E-state index in [1.54, 1.807) is 13.8 Å². The van der Waals surface area contributed by atoms with Gasteiger partial charge in [-0.25, -0.2) is 0 Å². The average Bonchev–Trinajstić information content (AvgIpc) is 3.18. The maximum Gasteiger partial charge on any atom is 0.380 e. The highest BCUT2D eigenvalue weighted by molar-refractivity contribution is 7.14. The highest BCUT2D eigenvalue weighted by Gasteiger charge is 2.80. The molecule has 2 aromatic heterocycles. The third-order valence-corrected chi connectivity index (χ3v) is 9.24. The zero-order valence-electron chi connectivity index (χ0n) is 19.0. The van der Waals surface area contributed by atoms with Crippen molar-refractivity contribution in [2.24, 2.45) is 0 Å². The van der Waals surface area contributed by atoms with E-state index < -0.39 is 28.9 Å². The molecule has 0 fully saturated rings. The van der Waals surface area contributed by atoms with Gasteiger partial charge in [-0.05, 0) is 63.8 Å². The molecule has 4 bridgehead atoms. The highest BCUT2D eigenvalue weighted by atomic mass is 32.1. The Morgan fingerprint density at radius 2 is 1.00 bits per heavy atom. The minimum Gasteiger partial charge on any atom is -0.371 e. The number of ether oxygens (including phenoxy) is 2. The minimum atomic E-state index is -5.57. The second kappa shape index (κ2) is 7.83. The Labute approximate surface area is 196 Å². The first-order chi connectivity index (χ1) is 15.1. The van der Waals surface area contributed by atoms with Crippen molar-refractivity contribution in [3.05, 3.63) is 41.8 Å². The van der Waals surface area contributed by atoms with Crippen LogP contribution >= 0.6 is 22.7 Å². The first kappa shape index (κ1) is 24.8. The lowest BCUT2D eigenvalue weighted by atomic mass is 9.98. The maximum atomic E-state index is 15.2. The summed E-state index contributed by atoms with van der Waals surface area (Å²) in [4.78, 5) is 0.617. The third-order valence-electron chi connectivity index (χ3n) is 6.71. The molecule has 3 heterocycles. The normalized spacial score (nSPS) is 26.3. The number of alkyl halides is 6. The van der Waals surface area contributed by atoms with Gasteiger partial charge in [-0.2, -0.15) is 26.3 Å². The Balaban J connectivity index is 2.11. The van der Waals surface area contributed by atoms with E-state index in [4.69, 9.17) is 9.47 Å². The number of allylic oxidation sites excluding steroid dienone is 2. The molecule has 2 atom stereocenters. The number of thiophene rings is 2. The molecule has 0 unspecified atom stereocenters. The van der Waals surface area contributed by atoms with Crippen LogP contribution < -0.4 is 0 Å². The fourth-order valence-electron chi connectivity index (χ4n) is 4.32. The molecule has 1 aliphatic carbocycles. The lowest BCUT2D eigenvalue weighted by Gasteiger charge is -2.25. The molecule has 2 aromatic rings. The monoisotopic (exact) mass is 510 g/mol. The van der Waals surface area contributed by atoms with Crippen LogP contribution in [0.2, 0.25) is 0 Å². The number of hydrogen-bond acceptors (Lipinski definition) is 4. The molecule has 0 N–H and O–H groups in total. The zero-order valence-corrected chi connectivity index (χ0v) is 20.6. The molecule has 10 heteroatoms. The molecular weight excluding hydrogens is 486 g/mol. The van der Waals surface area contributed by atoms with E-state index in [1.165, 1.54) is 13.8 Å². The van der Waals surface area contributed by atoms with Crippen molar-refractivity contribution in [2.45, 2.75) is 84.7 Å². The fourth-order valence-corrected chi connectivity index (χ4v) is 6.82. The Kier molecular flexibility index (Phi) is 5.87. The van der Waals surface area contributed by atoms with Crippen molar-refractivity contribution >= 4 is 33.8 Å². The van der Waals surface area contributed by atoms with Gasteiger partial charge in [-0.3, -0.25) is 0 Å². The van der Waals surface area contributed by atoms with E-state index in [9.17, 15) is 8.78 Å². The lowest BCUT2D eigenvalue weighted by molar-refractivity contribution is -0.254. The third kappa shape index (κ3) is 3.35. The summed E-state index contributed by atoms with van der Waals surface area (Å²) in [6, 6.07) is 0. The molecule has 0 amide bonds. The van der Waals surface area contributed by atoms with E-state index in [1.807, 2.05) is 13.8 Å². The number of hydrogen-bond donors (Lipinski definition) is 0. The summed E-state index contributed by atoms with van der Waals surface area (Å²) in [6.07, 6.45) is -0.685. The predicted octanol–water partition coefficient (Wildman–Crippen LogP) is 7.70. The molecule has 0 saturated heterocycles. The van der Waals surface area contributed by atoms with Crippen LogP contribution in [0.3, 0.4) is 0 Å². The summed E-state index contributed by atoms with van der Waals surface area (Å²) >= 11 is 1.64. The van der Waals surface area contributed by atoms with Crippen LogP contribution in [0.5, 0.6) is 0 Å². The standard InChI is InChI=1S/C23H24F6O2S2/c1-9-15-7-30-11(3)12(4)31-8-16-10(2)20(33-14(16)6)18-17(19(9)32-13(15)5)21(24,25)23(28,29)22(18,26)27/h11-12H,7-8H2,1-6H3/t11-,12-/m1/s1. The van der Waals surface area contributed by atoms with E-state index >= 15 is 17.6 Å². The van der Waals surface area contributed by atoms with Crippen molar-refractivity contribution in [3.8, 4) is 0 Å². The van der Waals surface area contributed by atoms with Crippen LogP contribution in [0.25, 0.3) is 11.1 Å². The van der Waals surface area contributed by atoms with Gasteiger partial charge in [0.05, 0.1) is 36.6 Å². The van der Waals surface area contributed by atoms with Crippen LogP contribution in [0, 0.1) is 27.7 Å². The molecular formula is C23H24F6O2S2. The topological polar surface area (TPSA) is 18.5 Å². The Morgan fingerprint density at radius 1 is 0.667 bits per heavy atom. The summed E-state index contributed by atoms with van der Waals surface area (Å²) in [6.45, 7) is 9.96. The second-order valence-electron chi connectivity index (χ2n) is 8.69. The first-order valence-corrected chi connectivity index (χ1v) is 12.1. The van der Waals surface area contributed by atoms with Gasteiger partial charge in [-0.15, -0.1) is 22.7 Å². The summed E-state index contributed by atoms with van der Waals surface area (Å²) in [5, 5.41) is 0. The van der Waals surface area contributed by atoms with Crippen LogP contribution in [-0.4, -0.2) is 30.0 Å². The molecule has 0 saturated carbocycles. The number of rotatable bonds is 0. The van der Waals surface area contributed by atoms with Gasteiger partial charge >= 0.3 is 17.8 Å². The van der Waals surface area contributed by atoms with Crippen LogP contribution in [0.15, 0.2) is 0 Å². The number of aryl methyl sites for hydroxylation is 2. The van der Waals surface area contributed by atoms with Gasteiger partial charge in [0.1, 0.15) is 0 Å². The zero-order chi connectivity index (χ0) is 24.7. The summed E-state index contributed by atoms with van der Waals surface area (Å²) < 4.78 is 102. The molecule has 1 aliphatic heterocycles. The minimum absolute atomic E-state index is 0.0300. The van der Waals surface area contributed by atoms with Gasteiger partial charge in [0.2, 0.25) is 0 Å². The Morgan fingerprint density at radius 3 is 1.33 bits per heavy atom. The summed E-state index contributed by atoms with van der Waals surface area (Å²) in [5.74, 6) is -15.7. The molecule has 0 radical (unpaired) electrons. The molecule has 4 rings (SSSR count). The number of fused-ring (bicyclic) bond motifs is 6. The highest BCUT2D eigenvalue weighted by Crippen LogP contribution is 2.66. The quantitative estimate of drug-likeness (QED) is 0.338. The number of halogens is 6. The van der Waals surface area contributed by atoms with Crippen LogP contribution in [0.1, 0.15) is 55.6 Å². The smallest absolute Gasteiger partial charge is 0.371 e. The van der Waals surface area contributed by atoms with E-state index in [0.717, 1.165) is 22.7 Å². The van der Waals surface area contributed by atoms with Gasteiger partial charge in [0.15, 0.2) is 0 Å². The summed E-state index contributed by atoms with van der Waals surface area (Å²) in [5.41, 5.74) is -1.00. The Bertz CT molecular complexity index is 1060. The van der Waals surface area contributed by atoms with E-state index in [-0.39, 0.29) is 46.3 Å². The van der Waals surface area contributed by atoms with Gasteiger partial charge in [0, 0.05) is 19.5 Å². The Hall–Kier alpha value is -1.36. The molecule has 0 aromatic carbocycles. The summed E-state index contributed by atoms with van der Waals surface area (Å²) in [7, 11) is 0. The van der Waals surface area contributed by atoms with E-state index in [2.05, 4.69) is 0 Å². The largest absolute Gasteiger partial charge is 0.380 e. The van der Waals surface area contributed by atoms with Crippen molar-refractivity contribution < 1.29 is 35.8 Å². The molecule has 2 aliphatic rings.